The summed E-state index contributed by atoms with van der Waals surface area (Å²) in [4.78, 5) is 14.0. The molecule has 0 saturated carbocycles. The number of aromatic nitrogens is 1. The van der Waals surface area contributed by atoms with Crippen molar-refractivity contribution in [1.82, 2.24) is 9.47 Å². The van der Waals surface area contributed by atoms with Crippen LogP contribution < -0.4 is 5.73 Å². The van der Waals surface area contributed by atoms with Gasteiger partial charge in [0.2, 0.25) is 0 Å². The van der Waals surface area contributed by atoms with E-state index in [9.17, 15) is 4.79 Å². The van der Waals surface area contributed by atoms with Gasteiger partial charge in [-0.25, -0.2) is 0 Å². The van der Waals surface area contributed by atoms with E-state index in [4.69, 9.17) is 5.73 Å². The van der Waals surface area contributed by atoms with Gasteiger partial charge in [0.1, 0.15) is 5.69 Å². The Morgan fingerprint density at radius 1 is 1.56 bits per heavy atom. The van der Waals surface area contributed by atoms with E-state index >= 15 is 0 Å². The first-order valence-corrected chi connectivity index (χ1v) is 5.66. The molecule has 1 amide bonds. The normalized spacial score (nSPS) is 10.8. The summed E-state index contributed by atoms with van der Waals surface area (Å²) in [7, 11) is 1.84. The molecule has 0 atom stereocenters. The van der Waals surface area contributed by atoms with Gasteiger partial charge < -0.3 is 15.2 Å². The van der Waals surface area contributed by atoms with Gasteiger partial charge in [-0.3, -0.25) is 4.79 Å². The molecule has 2 N–H and O–H groups in total. The molecule has 0 fully saturated rings. The largest absolute Gasteiger partial charge is 0.397 e. The van der Waals surface area contributed by atoms with Gasteiger partial charge in [0.15, 0.2) is 0 Å². The Bertz CT molecular complexity index is 368. The number of hydrogen-bond donors (Lipinski definition) is 1. The Kier molecular flexibility index (Phi) is 3.99. The van der Waals surface area contributed by atoms with Crippen molar-refractivity contribution >= 4 is 11.6 Å². The fourth-order valence-corrected chi connectivity index (χ4v) is 1.76. The average molecular weight is 223 g/mol. The standard InChI is InChI=1S/C12H21N3O/c1-5-15(7-9(2)3)12(16)11-6-10(13)8-14(11)4/h6,8-9H,5,7,13H2,1-4H3. The Morgan fingerprint density at radius 3 is 2.56 bits per heavy atom. The van der Waals surface area contributed by atoms with Crippen LogP contribution in [-0.2, 0) is 7.05 Å². The molecule has 0 saturated heterocycles. The molecule has 0 aliphatic rings. The number of hydrogen-bond acceptors (Lipinski definition) is 2. The molecule has 0 aromatic carbocycles. The second-order valence-corrected chi connectivity index (χ2v) is 4.51. The molecule has 0 aliphatic carbocycles. The van der Waals surface area contributed by atoms with Gasteiger partial charge in [-0.1, -0.05) is 13.8 Å². The van der Waals surface area contributed by atoms with Crippen LogP contribution in [0.3, 0.4) is 0 Å². The van der Waals surface area contributed by atoms with Crippen molar-refractivity contribution in [1.29, 1.82) is 0 Å². The molecule has 0 radical (unpaired) electrons. The van der Waals surface area contributed by atoms with E-state index in [-0.39, 0.29) is 5.91 Å². The first kappa shape index (κ1) is 12.6. The third kappa shape index (κ3) is 2.78. The molecular formula is C12H21N3O. The van der Waals surface area contributed by atoms with Crippen molar-refractivity contribution in [2.75, 3.05) is 18.8 Å². The first-order valence-electron chi connectivity index (χ1n) is 5.66. The molecule has 0 aliphatic heterocycles. The van der Waals surface area contributed by atoms with Crippen molar-refractivity contribution in [3.05, 3.63) is 18.0 Å². The van der Waals surface area contributed by atoms with Crippen LogP contribution >= 0.6 is 0 Å². The lowest BCUT2D eigenvalue weighted by Gasteiger charge is -2.23. The molecular weight excluding hydrogens is 202 g/mol. The minimum absolute atomic E-state index is 0.0513. The molecule has 1 rings (SSSR count). The summed E-state index contributed by atoms with van der Waals surface area (Å²) in [5.41, 5.74) is 6.95. The maximum absolute atomic E-state index is 12.2. The number of aryl methyl sites for hydroxylation is 1. The predicted molar refractivity (Wildman–Crippen MR) is 66.2 cm³/mol. The highest BCUT2D eigenvalue weighted by Crippen LogP contribution is 2.12. The third-order valence-electron chi connectivity index (χ3n) is 2.50. The second kappa shape index (κ2) is 5.05. The summed E-state index contributed by atoms with van der Waals surface area (Å²) in [5, 5.41) is 0. The van der Waals surface area contributed by atoms with E-state index in [0.29, 0.717) is 17.3 Å². The smallest absolute Gasteiger partial charge is 0.270 e. The molecule has 1 aromatic heterocycles. The highest BCUT2D eigenvalue weighted by Gasteiger charge is 2.18. The van der Waals surface area contributed by atoms with Crippen LogP contribution in [0, 0.1) is 5.92 Å². The topological polar surface area (TPSA) is 51.3 Å². The summed E-state index contributed by atoms with van der Waals surface area (Å²) < 4.78 is 1.78. The van der Waals surface area contributed by atoms with E-state index in [2.05, 4.69) is 13.8 Å². The second-order valence-electron chi connectivity index (χ2n) is 4.51. The summed E-state index contributed by atoms with van der Waals surface area (Å²) in [5.74, 6) is 0.525. The molecule has 4 heteroatoms. The fraction of sp³-hybridized carbons (Fsp3) is 0.583. The zero-order valence-electron chi connectivity index (χ0n) is 10.5. The van der Waals surface area contributed by atoms with E-state index in [0.717, 1.165) is 13.1 Å². The predicted octanol–water partition coefficient (Wildman–Crippen LogP) is 1.73. The zero-order chi connectivity index (χ0) is 12.3. The first-order chi connectivity index (χ1) is 7.45. The third-order valence-corrected chi connectivity index (χ3v) is 2.50. The fourth-order valence-electron chi connectivity index (χ4n) is 1.76. The number of carbonyl (C=O) groups is 1. The number of carbonyl (C=O) groups excluding carboxylic acids is 1. The Hall–Kier alpha value is -1.45. The number of nitrogen functional groups attached to an aromatic ring is 1. The van der Waals surface area contributed by atoms with E-state index in [1.807, 2.05) is 18.9 Å². The van der Waals surface area contributed by atoms with E-state index in [1.165, 1.54) is 0 Å². The van der Waals surface area contributed by atoms with Gasteiger partial charge in [0.25, 0.3) is 5.91 Å². The summed E-state index contributed by atoms with van der Waals surface area (Å²) in [6.45, 7) is 7.71. The van der Waals surface area contributed by atoms with Crippen LogP contribution in [0.5, 0.6) is 0 Å². The van der Waals surface area contributed by atoms with Crippen LogP contribution in [0.4, 0.5) is 5.69 Å². The monoisotopic (exact) mass is 223 g/mol. The molecule has 90 valence electrons. The number of nitrogens with zero attached hydrogens (tertiary/aromatic N) is 2. The van der Waals surface area contributed by atoms with Gasteiger partial charge in [0.05, 0.1) is 5.69 Å². The summed E-state index contributed by atoms with van der Waals surface area (Å²) >= 11 is 0. The maximum atomic E-state index is 12.2. The SMILES string of the molecule is CCN(CC(C)C)C(=O)c1cc(N)cn1C. The lowest BCUT2D eigenvalue weighted by Crippen LogP contribution is -2.34. The highest BCUT2D eigenvalue weighted by molar-refractivity contribution is 5.93. The van der Waals surface area contributed by atoms with Crippen molar-refractivity contribution in [2.24, 2.45) is 13.0 Å². The Labute approximate surface area is 97.0 Å². The molecule has 1 aromatic rings. The maximum Gasteiger partial charge on any atom is 0.270 e. The Balaban J connectivity index is 2.86. The van der Waals surface area contributed by atoms with Gasteiger partial charge in [-0.2, -0.15) is 0 Å². The van der Waals surface area contributed by atoms with Crippen molar-refractivity contribution in [2.45, 2.75) is 20.8 Å². The van der Waals surface area contributed by atoms with Gasteiger partial charge in [-0.15, -0.1) is 0 Å². The number of nitrogens with two attached hydrogens (primary N) is 1. The zero-order valence-corrected chi connectivity index (χ0v) is 10.5. The number of anilines is 1. The number of amides is 1. The van der Waals surface area contributed by atoms with Crippen LogP contribution in [0.2, 0.25) is 0 Å². The minimum atomic E-state index is 0.0513. The Morgan fingerprint density at radius 2 is 2.19 bits per heavy atom. The molecule has 0 bridgehead atoms. The number of rotatable bonds is 4. The molecule has 1 heterocycles. The van der Waals surface area contributed by atoms with Crippen LogP contribution in [0.25, 0.3) is 0 Å². The van der Waals surface area contributed by atoms with E-state index < -0.39 is 0 Å². The lowest BCUT2D eigenvalue weighted by atomic mass is 10.2. The van der Waals surface area contributed by atoms with Crippen molar-refractivity contribution in [3.63, 3.8) is 0 Å². The van der Waals surface area contributed by atoms with Crippen LogP contribution in [0.1, 0.15) is 31.3 Å². The quantitative estimate of drug-likeness (QED) is 0.845. The molecule has 0 unspecified atom stereocenters. The summed E-state index contributed by atoms with van der Waals surface area (Å²) in [6.07, 6.45) is 1.76. The molecule has 16 heavy (non-hydrogen) atoms. The van der Waals surface area contributed by atoms with E-state index in [1.54, 1.807) is 16.8 Å². The van der Waals surface area contributed by atoms with Crippen molar-refractivity contribution < 1.29 is 4.79 Å². The van der Waals surface area contributed by atoms with Gasteiger partial charge in [0, 0.05) is 26.3 Å². The highest BCUT2D eigenvalue weighted by atomic mass is 16.2. The van der Waals surface area contributed by atoms with Gasteiger partial charge in [-0.05, 0) is 18.9 Å². The van der Waals surface area contributed by atoms with Gasteiger partial charge >= 0.3 is 0 Å². The lowest BCUT2D eigenvalue weighted by molar-refractivity contribution is 0.0736. The average Bonchev–Trinajstić information content (AvgIpc) is 2.53. The molecule has 4 nitrogen and oxygen atoms in total. The van der Waals surface area contributed by atoms with Crippen LogP contribution in [0.15, 0.2) is 12.3 Å². The minimum Gasteiger partial charge on any atom is -0.397 e. The van der Waals surface area contributed by atoms with Crippen LogP contribution in [-0.4, -0.2) is 28.5 Å². The summed E-state index contributed by atoms with van der Waals surface area (Å²) in [6, 6.07) is 1.73. The van der Waals surface area contributed by atoms with Crippen molar-refractivity contribution in [3.8, 4) is 0 Å². The molecule has 0 spiro atoms.